The van der Waals surface area contributed by atoms with E-state index in [0.717, 1.165) is 66.9 Å². The zero-order chi connectivity index (χ0) is 46.4. The minimum Gasteiger partial charge on any atom is -0.350 e. The molecule has 5 aromatic rings. The van der Waals surface area contributed by atoms with Crippen LogP contribution in [0.2, 0.25) is 0 Å². The summed E-state index contributed by atoms with van der Waals surface area (Å²) < 4.78 is 35.8. The van der Waals surface area contributed by atoms with Crippen molar-refractivity contribution >= 4 is 46.9 Å². The minimum atomic E-state index is -0.900. The van der Waals surface area contributed by atoms with Crippen LogP contribution in [0.15, 0.2) is 91.0 Å². The maximum atomic E-state index is 11.7. The molecule has 1 unspecified atom stereocenters. The normalized spacial score (nSPS) is 15.5. The number of rotatable bonds is 16. The molecule has 0 saturated carbocycles. The van der Waals surface area contributed by atoms with Gasteiger partial charge in [0.15, 0.2) is 12.3 Å². The number of hydrogen-bond acceptors (Lipinski definition) is 14. The fourth-order valence-corrected chi connectivity index (χ4v) is 10.7. The van der Waals surface area contributed by atoms with Crippen LogP contribution >= 0.6 is 35.3 Å². The van der Waals surface area contributed by atoms with Gasteiger partial charge in [-0.15, -0.1) is 4.68 Å². The van der Waals surface area contributed by atoms with Crippen molar-refractivity contribution in [3.05, 3.63) is 142 Å². The van der Waals surface area contributed by atoms with Crippen molar-refractivity contribution in [1.82, 2.24) is 20.3 Å². The summed E-state index contributed by atoms with van der Waals surface area (Å²) in [6.07, 6.45) is 1.00. The van der Waals surface area contributed by atoms with E-state index in [1.807, 2.05) is 66.0 Å². The third-order valence-corrected chi connectivity index (χ3v) is 13.9. The second kappa shape index (κ2) is 28.4. The molecule has 5 heterocycles. The molecule has 3 aliphatic rings. The van der Waals surface area contributed by atoms with Gasteiger partial charge in [0, 0.05) is 102 Å². The lowest BCUT2D eigenvalue weighted by molar-refractivity contribution is -0.754. The molecule has 0 aliphatic carbocycles. The number of carbonyl (C=O) groups is 2. The van der Waals surface area contributed by atoms with Crippen molar-refractivity contribution in [2.24, 2.45) is 11.8 Å². The number of aromatic nitrogens is 4. The lowest BCUT2D eigenvalue weighted by atomic mass is 9.98. The van der Waals surface area contributed by atoms with E-state index in [0.29, 0.717) is 12.2 Å². The number of hydrogen-bond donors (Lipinski definition) is 3. The molecular formula is C48H65N6O8S3+. The Morgan fingerprint density at radius 3 is 1.86 bits per heavy atom. The molecule has 0 spiro atoms. The van der Waals surface area contributed by atoms with Crippen LogP contribution in [0, 0.1) is 5.92 Å². The van der Waals surface area contributed by atoms with Gasteiger partial charge in [-0.2, -0.15) is 45.5 Å². The average molecular weight is 950 g/mol. The van der Waals surface area contributed by atoms with Crippen LogP contribution in [0.3, 0.4) is 0 Å². The van der Waals surface area contributed by atoms with Crippen LogP contribution in [0.1, 0.15) is 69.6 Å². The minimum absolute atomic E-state index is 0.00727. The summed E-state index contributed by atoms with van der Waals surface area (Å²) >= 11 is 5.53. The van der Waals surface area contributed by atoms with Gasteiger partial charge in [0.25, 0.3) is 5.69 Å². The van der Waals surface area contributed by atoms with Gasteiger partial charge in [-0.1, -0.05) is 91.0 Å². The van der Waals surface area contributed by atoms with E-state index < -0.39 is 12.2 Å². The molecule has 17 heteroatoms. The molecule has 4 N–H and O–H groups in total. The van der Waals surface area contributed by atoms with Crippen LogP contribution in [0.25, 0.3) is 0 Å². The summed E-state index contributed by atoms with van der Waals surface area (Å²) in [5, 5.41) is 8.33. The number of H-pyrrole nitrogens is 1. The summed E-state index contributed by atoms with van der Waals surface area (Å²) in [7, 11) is 9.49. The van der Waals surface area contributed by atoms with Crippen molar-refractivity contribution in [2.75, 3.05) is 65.7 Å². The molecule has 65 heavy (non-hydrogen) atoms. The Balaban J connectivity index is 0.000000170. The van der Waals surface area contributed by atoms with Gasteiger partial charge in [0.2, 0.25) is 18.9 Å². The summed E-state index contributed by atoms with van der Waals surface area (Å²) in [6, 6.07) is 30.9. The summed E-state index contributed by atoms with van der Waals surface area (Å²) in [6.45, 7) is 2.34. The van der Waals surface area contributed by atoms with E-state index in [-0.39, 0.29) is 24.1 Å². The standard InChI is InChI=1S/2C16H20N2O2S.C9H14O4S.C7H10N2/c1-19-16(20-2)15-13-11-21-9-8-14(13)18(17-15)10-12-6-4-3-5-7-12;1-19-16(20-2)15-13-11-21-9-8-14(13)17-18(15)10-12-6-4-3-5-7-12;1-12-9(13-2)8(11)6-5-14-4-3-7(6)10;8-9-6-7-4-2-1-3-5-7/h2*3-7,16H,8-11H2,1-2H3;6,9H,3-5H2,1-2H3;1-5,9H,6,8H2/p+1. The van der Waals surface area contributed by atoms with Gasteiger partial charge >= 0.3 is 0 Å². The molecule has 0 amide bonds. The number of hydrazine groups is 1. The third kappa shape index (κ3) is 15.1. The van der Waals surface area contributed by atoms with Crippen molar-refractivity contribution < 1.29 is 42.7 Å². The van der Waals surface area contributed by atoms with Gasteiger partial charge < -0.3 is 28.4 Å². The van der Waals surface area contributed by atoms with Crippen LogP contribution in [-0.2, 0) is 82.0 Å². The molecule has 1 atom stereocenters. The number of nitrogens with one attached hydrogen (secondary N) is 2. The number of carbonyl (C=O) groups excluding carboxylic acids is 2. The topological polar surface area (TPSA) is 165 Å². The quantitative estimate of drug-likeness (QED) is 0.0319. The number of Topliss-reactive ketones (excluding diaryl/α,β-unsaturated/α-hetero) is 2. The Kier molecular flexibility index (Phi) is 22.7. The maximum Gasteiger partial charge on any atom is 0.268 e. The highest BCUT2D eigenvalue weighted by atomic mass is 32.2. The first kappa shape index (κ1) is 52.1. The first-order valence-electron chi connectivity index (χ1n) is 21.5. The molecule has 0 bridgehead atoms. The third-order valence-electron chi connectivity index (χ3n) is 10.9. The Morgan fingerprint density at radius 1 is 0.738 bits per heavy atom. The summed E-state index contributed by atoms with van der Waals surface area (Å²) in [4.78, 5) is 23.1. The molecule has 2 aromatic heterocycles. The molecule has 1 saturated heterocycles. The summed E-state index contributed by atoms with van der Waals surface area (Å²) in [5.41, 5.74) is 13.6. The van der Waals surface area contributed by atoms with E-state index in [1.165, 1.54) is 59.2 Å². The fraction of sp³-hybridized carbons (Fsp3) is 0.458. The van der Waals surface area contributed by atoms with Gasteiger partial charge in [-0.05, 0) is 29.1 Å². The largest absolute Gasteiger partial charge is 0.350 e. The predicted molar refractivity (Wildman–Crippen MR) is 258 cm³/mol. The van der Waals surface area contributed by atoms with Crippen molar-refractivity contribution in [1.29, 1.82) is 0 Å². The number of ketones is 2. The SMILES string of the molecule is COC(OC)C(=O)C1CSCCC1=O.COC(OC)c1c2c([nH][n+]1Cc1ccccc1)CCSC2.COC(OC)c1nn(Cc2ccccc2)c2c1CSCC2.NNCc1ccccc1. The molecule has 0 radical (unpaired) electrons. The number of aromatic amines is 1. The van der Waals surface area contributed by atoms with Gasteiger partial charge in [0.05, 0.1) is 23.7 Å². The van der Waals surface area contributed by atoms with E-state index in [2.05, 4.69) is 68.4 Å². The zero-order valence-electron chi connectivity index (χ0n) is 38.4. The predicted octanol–water partition coefficient (Wildman–Crippen LogP) is 6.59. The average Bonchev–Trinajstić information content (AvgIpc) is 3.89. The van der Waals surface area contributed by atoms with Crippen LogP contribution in [-0.4, -0.2) is 98.4 Å². The van der Waals surface area contributed by atoms with E-state index >= 15 is 0 Å². The Labute approximate surface area is 396 Å². The Morgan fingerprint density at radius 2 is 1.29 bits per heavy atom. The van der Waals surface area contributed by atoms with Gasteiger partial charge in [-0.3, -0.25) is 25.5 Å². The summed E-state index contributed by atoms with van der Waals surface area (Å²) in [5.74, 6) is 10.0. The molecule has 1 fully saturated rings. The zero-order valence-corrected chi connectivity index (χ0v) is 40.8. The maximum absolute atomic E-state index is 11.7. The second-order valence-corrected chi connectivity index (χ2v) is 18.5. The van der Waals surface area contributed by atoms with Gasteiger partial charge in [-0.25, -0.2) is 0 Å². The number of benzene rings is 3. The lowest BCUT2D eigenvalue weighted by Gasteiger charge is -2.22. The molecule has 3 aromatic carbocycles. The monoisotopic (exact) mass is 949 g/mol. The van der Waals surface area contributed by atoms with Crippen molar-refractivity contribution in [3.63, 3.8) is 0 Å². The lowest BCUT2D eigenvalue weighted by Crippen LogP contribution is -2.42. The number of nitrogens with two attached hydrogens (primary N) is 1. The number of ether oxygens (including phenoxy) is 6. The molecule has 14 nitrogen and oxygen atoms in total. The first-order valence-corrected chi connectivity index (χ1v) is 25.0. The smallest absolute Gasteiger partial charge is 0.268 e. The van der Waals surface area contributed by atoms with Gasteiger partial charge in [0.1, 0.15) is 11.5 Å². The molecular weight excluding hydrogens is 885 g/mol. The highest BCUT2D eigenvalue weighted by Crippen LogP contribution is 2.33. The van der Waals surface area contributed by atoms with Crippen molar-refractivity contribution in [2.45, 2.75) is 69.3 Å². The second-order valence-electron chi connectivity index (χ2n) is 15.1. The number of methoxy groups -OCH3 is 6. The number of nitrogens with zero attached hydrogens (tertiary/aromatic N) is 3. The molecule has 352 valence electrons. The number of thioether (sulfide) groups is 3. The number of aryl methyl sites for hydroxylation is 1. The van der Waals surface area contributed by atoms with E-state index in [9.17, 15) is 9.59 Å². The van der Waals surface area contributed by atoms with Crippen molar-refractivity contribution in [3.8, 4) is 0 Å². The fourth-order valence-electron chi connectivity index (χ4n) is 7.62. The first-order chi connectivity index (χ1) is 31.8. The van der Waals surface area contributed by atoms with Crippen LogP contribution in [0.5, 0.6) is 0 Å². The van der Waals surface area contributed by atoms with E-state index in [4.69, 9.17) is 39.4 Å². The van der Waals surface area contributed by atoms with E-state index in [1.54, 1.807) is 40.2 Å². The highest BCUT2D eigenvalue weighted by molar-refractivity contribution is 7.99. The van der Waals surface area contributed by atoms with Crippen LogP contribution < -0.4 is 16.0 Å². The highest BCUT2D eigenvalue weighted by Gasteiger charge is 2.35. The number of fused-ring (bicyclic) bond motifs is 2. The van der Waals surface area contributed by atoms with Crippen LogP contribution in [0.4, 0.5) is 0 Å². The Hall–Kier alpha value is -3.85. The molecule has 3 aliphatic heterocycles. The molecule has 8 rings (SSSR count). The Bertz CT molecular complexity index is 2150.